The van der Waals surface area contributed by atoms with Crippen LogP contribution < -0.4 is 15.8 Å². The molecule has 10 heteroatoms. The maximum atomic E-state index is 12.9. The number of thioether (sulfide) groups is 1. The van der Waals surface area contributed by atoms with Gasteiger partial charge in [-0.1, -0.05) is 46.8 Å². The largest absolute Gasteiger partial charge is 0.348 e. The molecule has 1 aromatic carbocycles. The van der Waals surface area contributed by atoms with Crippen LogP contribution in [0.2, 0.25) is 5.02 Å². The molecule has 0 radical (unpaired) electrons. The molecule has 1 saturated heterocycles. The predicted octanol–water partition coefficient (Wildman–Crippen LogP) is 3.86. The van der Waals surface area contributed by atoms with Crippen molar-refractivity contribution in [1.29, 1.82) is 0 Å². The van der Waals surface area contributed by atoms with Gasteiger partial charge < -0.3 is 10.2 Å². The number of anilines is 2. The molecule has 0 unspecified atom stereocenters. The fraction of sp³-hybridized carbons (Fsp3) is 0.368. The normalized spacial score (nSPS) is 13.9. The molecule has 1 aliphatic rings. The fourth-order valence-electron chi connectivity index (χ4n) is 3.19. The number of hydrogen-bond acceptors (Lipinski definition) is 7. The molecule has 0 atom stereocenters. The minimum atomic E-state index is -0.212. The quantitative estimate of drug-likeness (QED) is 0.454. The zero-order chi connectivity index (χ0) is 20.4. The Balaban J connectivity index is 1.55. The summed E-state index contributed by atoms with van der Waals surface area (Å²) in [7, 11) is 0. The van der Waals surface area contributed by atoms with Gasteiger partial charge in [-0.25, -0.2) is 4.98 Å². The average Bonchev–Trinajstić information content (AvgIpc) is 3.38. The van der Waals surface area contributed by atoms with Crippen molar-refractivity contribution in [3.8, 4) is 0 Å². The summed E-state index contributed by atoms with van der Waals surface area (Å²) in [5, 5.41) is 4.61. The first-order valence-corrected chi connectivity index (χ1v) is 11.6. The Labute approximate surface area is 181 Å². The van der Waals surface area contributed by atoms with Gasteiger partial charge in [-0.2, -0.15) is 4.98 Å². The van der Waals surface area contributed by atoms with E-state index in [1.165, 1.54) is 23.1 Å². The second-order valence-corrected chi connectivity index (χ2v) is 8.93. The molecule has 3 heterocycles. The molecule has 1 N–H and O–H groups in total. The van der Waals surface area contributed by atoms with Crippen LogP contribution in [0.4, 0.5) is 10.8 Å². The first-order chi connectivity index (χ1) is 14.1. The molecule has 29 heavy (non-hydrogen) atoms. The molecule has 4 rings (SSSR count). The van der Waals surface area contributed by atoms with E-state index in [9.17, 15) is 9.59 Å². The minimum Gasteiger partial charge on any atom is -0.348 e. The summed E-state index contributed by atoms with van der Waals surface area (Å²) in [6, 6.07) is 7.07. The Kier molecular flexibility index (Phi) is 6.07. The third-order valence-corrected chi connectivity index (χ3v) is 7.04. The highest BCUT2D eigenvalue weighted by molar-refractivity contribution is 7.99. The molecule has 1 fully saturated rings. The number of amides is 1. The molecule has 3 aromatic rings. The van der Waals surface area contributed by atoms with E-state index >= 15 is 0 Å². The molecule has 1 amide bonds. The van der Waals surface area contributed by atoms with E-state index in [-0.39, 0.29) is 17.2 Å². The van der Waals surface area contributed by atoms with Crippen molar-refractivity contribution in [2.24, 2.45) is 0 Å². The molecule has 7 nitrogen and oxygen atoms in total. The van der Waals surface area contributed by atoms with Gasteiger partial charge in [0.1, 0.15) is 4.70 Å². The Morgan fingerprint density at radius 2 is 2.03 bits per heavy atom. The summed E-state index contributed by atoms with van der Waals surface area (Å²) in [4.78, 5) is 36.6. The van der Waals surface area contributed by atoms with Gasteiger partial charge >= 0.3 is 0 Å². The zero-order valence-electron chi connectivity index (χ0n) is 15.9. The van der Waals surface area contributed by atoms with Crippen LogP contribution in [-0.2, 0) is 11.3 Å². The molecule has 0 aliphatic carbocycles. The van der Waals surface area contributed by atoms with Crippen molar-refractivity contribution >= 4 is 61.8 Å². The number of para-hydroxylation sites is 1. The topological polar surface area (TPSA) is 80.1 Å². The van der Waals surface area contributed by atoms with Gasteiger partial charge in [0.05, 0.1) is 16.5 Å². The van der Waals surface area contributed by atoms with Crippen molar-refractivity contribution in [1.82, 2.24) is 14.5 Å². The van der Waals surface area contributed by atoms with Crippen LogP contribution in [0.1, 0.15) is 19.8 Å². The second-order valence-electron chi connectivity index (χ2n) is 6.60. The zero-order valence-corrected chi connectivity index (χ0v) is 18.2. The maximum Gasteiger partial charge on any atom is 0.273 e. The number of benzene rings is 1. The van der Waals surface area contributed by atoms with E-state index in [1.54, 1.807) is 28.8 Å². The standard InChI is InChI=1S/C19H20ClN5O2S2/c1-2-25-17(27)15-16(22-18(29-15)24-9-5-6-10-24)23-19(25)28-11-14(26)21-13-8-4-3-7-12(13)20/h3-4,7-8H,2,5-6,9-11H2,1H3,(H,21,26). The van der Waals surface area contributed by atoms with Crippen LogP contribution in [-0.4, -0.2) is 39.3 Å². The average molecular weight is 450 g/mol. The number of rotatable bonds is 6. The van der Waals surface area contributed by atoms with Crippen LogP contribution in [0.3, 0.4) is 0 Å². The van der Waals surface area contributed by atoms with Gasteiger partial charge in [0.15, 0.2) is 15.9 Å². The summed E-state index contributed by atoms with van der Waals surface area (Å²) in [5.74, 6) is -0.0946. The van der Waals surface area contributed by atoms with Crippen LogP contribution in [0.25, 0.3) is 10.3 Å². The number of carbonyl (C=O) groups excluding carboxylic acids is 1. The first-order valence-electron chi connectivity index (χ1n) is 9.40. The van der Waals surface area contributed by atoms with E-state index < -0.39 is 0 Å². The lowest BCUT2D eigenvalue weighted by Gasteiger charge is -2.11. The molecule has 0 bridgehead atoms. The van der Waals surface area contributed by atoms with Crippen molar-refractivity contribution in [2.75, 3.05) is 29.1 Å². The lowest BCUT2D eigenvalue weighted by atomic mass is 10.3. The third kappa shape index (κ3) is 4.26. The summed E-state index contributed by atoms with van der Waals surface area (Å²) >= 11 is 8.71. The Bertz CT molecular complexity index is 1110. The lowest BCUT2D eigenvalue weighted by Crippen LogP contribution is -2.23. The summed E-state index contributed by atoms with van der Waals surface area (Å²) in [6.45, 7) is 4.30. The number of aromatic nitrogens is 3. The van der Waals surface area contributed by atoms with Crippen molar-refractivity contribution in [3.63, 3.8) is 0 Å². The van der Waals surface area contributed by atoms with E-state index in [0.29, 0.717) is 32.8 Å². The number of nitrogens with zero attached hydrogens (tertiary/aromatic N) is 4. The Morgan fingerprint density at radius 1 is 1.28 bits per heavy atom. The molecular formula is C19H20ClN5O2S2. The van der Waals surface area contributed by atoms with Crippen molar-refractivity contribution in [2.45, 2.75) is 31.5 Å². The van der Waals surface area contributed by atoms with Gasteiger partial charge in [-0.05, 0) is 31.9 Å². The highest BCUT2D eigenvalue weighted by Gasteiger charge is 2.20. The SMILES string of the molecule is CCn1c(SCC(=O)Nc2ccccc2Cl)nc2nc(N3CCCC3)sc2c1=O. The van der Waals surface area contributed by atoms with Crippen LogP contribution in [0, 0.1) is 0 Å². The van der Waals surface area contributed by atoms with E-state index in [1.807, 2.05) is 6.92 Å². The predicted molar refractivity (Wildman–Crippen MR) is 120 cm³/mol. The minimum absolute atomic E-state index is 0.102. The number of nitrogens with one attached hydrogen (secondary N) is 1. The van der Waals surface area contributed by atoms with Gasteiger partial charge in [0.2, 0.25) is 5.91 Å². The number of thiazole rings is 1. The molecule has 0 spiro atoms. The first kappa shape index (κ1) is 20.2. The summed E-state index contributed by atoms with van der Waals surface area (Å²) in [6.07, 6.45) is 2.29. The summed E-state index contributed by atoms with van der Waals surface area (Å²) in [5.41, 5.74) is 0.917. The van der Waals surface area contributed by atoms with Gasteiger partial charge in [0, 0.05) is 19.6 Å². The van der Waals surface area contributed by atoms with Gasteiger partial charge in [0.25, 0.3) is 5.56 Å². The monoisotopic (exact) mass is 449 g/mol. The maximum absolute atomic E-state index is 12.9. The summed E-state index contributed by atoms with van der Waals surface area (Å²) < 4.78 is 2.17. The number of halogens is 1. The van der Waals surface area contributed by atoms with E-state index in [0.717, 1.165) is 31.1 Å². The highest BCUT2D eigenvalue weighted by atomic mass is 35.5. The number of carbonyl (C=O) groups is 1. The Hall–Kier alpha value is -2.10. The van der Waals surface area contributed by atoms with Gasteiger partial charge in [-0.3, -0.25) is 14.2 Å². The molecule has 1 aliphatic heterocycles. The number of hydrogen-bond donors (Lipinski definition) is 1. The van der Waals surface area contributed by atoms with Crippen molar-refractivity contribution < 1.29 is 4.79 Å². The van der Waals surface area contributed by atoms with Crippen LogP contribution in [0.5, 0.6) is 0 Å². The number of fused-ring (bicyclic) bond motifs is 1. The third-order valence-electron chi connectivity index (χ3n) is 4.64. The van der Waals surface area contributed by atoms with Crippen LogP contribution in [0.15, 0.2) is 34.2 Å². The molecule has 0 saturated carbocycles. The Morgan fingerprint density at radius 3 is 2.76 bits per heavy atom. The lowest BCUT2D eigenvalue weighted by molar-refractivity contribution is -0.113. The highest BCUT2D eigenvalue weighted by Crippen LogP contribution is 2.29. The van der Waals surface area contributed by atoms with Crippen molar-refractivity contribution in [3.05, 3.63) is 39.6 Å². The fourth-order valence-corrected chi connectivity index (χ4v) is 5.23. The second kappa shape index (κ2) is 8.73. The molecule has 2 aromatic heterocycles. The molecular weight excluding hydrogens is 430 g/mol. The molecule has 152 valence electrons. The van der Waals surface area contributed by atoms with Gasteiger partial charge in [-0.15, -0.1) is 0 Å². The van der Waals surface area contributed by atoms with E-state index in [4.69, 9.17) is 11.6 Å². The smallest absolute Gasteiger partial charge is 0.273 e. The van der Waals surface area contributed by atoms with Crippen LogP contribution >= 0.6 is 34.7 Å². The van der Waals surface area contributed by atoms with E-state index in [2.05, 4.69) is 20.2 Å².